The zero-order valence-corrected chi connectivity index (χ0v) is 14.9. The Kier molecular flexibility index (Phi) is 4.03. The van der Waals surface area contributed by atoms with E-state index in [1.54, 1.807) is 7.11 Å². The summed E-state index contributed by atoms with van der Waals surface area (Å²) in [4.78, 5) is 11.4. The molecule has 1 aliphatic heterocycles. The van der Waals surface area contributed by atoms with Crippen molar-refractivity contribution >= 4 is 11.5 Å². The van der Waals surface area contributed by atoms with Gasteiger partial charge in [0.1, 0.15) is 17.3 Å². The van der Waals surface area contributed by atoms with E-state index in [4.69, 9.17) is 9.84 Å². The third-order valence-corrected chi connectivity index (χ3v) is 5.11. The van der Waals surface area contributed by atoms with Gasteiger partial charge in [0, 0.05) is 12.7 Å². The molecule has 6 heteroatoms. The van der Waals surface area contributed by atoms with E-state index in [9.17, 15) is 0 Å². The summed E-state index contributed by atoms with van der Waals surface area (Å²) >= 11 is 0. The first-order valence-corrected chi connectivity index (χ1v) is 8.78. The highest BCUT2D eigenvalue weighted by molar-refractivity contribution is 5.50. The third kappa shape index (κ3) is 2.71. The van der Waals surface area contributed by atoms with Gasteiger partial charge in [-0.1, -0.05) is 13.3 Å². The fourth-order valence-corrected chi connectivity index (χ4v) is 3.69. The average Bonchev–Trinajstić information content (AvgIpc) is 3.25. The van der Waals surface area contributed by atoms with Crippen LogP contribution in [0.15, 0.2) is 36.7 Å². The summed E-state index contributed by atoms with van der Waals surface area (Å²) < 4.78 is 7.47. The smallest absolute Gasteiger partial charge is 0.153 e. The Labute approximate surface area is 147 Å². The first-order chi connectivity index (χ1) is 12.2. The summed E-state index contributed by atoms with van der Waals surface area (Å²) in [6.07, 6.45) is 5.90. The topological polar surface area (TPSA) is 55.5 Å². The molecule has 0 radical (unpaired) electrons. The van der Waals surface area contributed by atoms with Crippen molar-refractivity contribution in [1.82, 2.24) is 19.6 Å². The quantitative estimate of drug-likeness (QED) is 0.730. The van der Waals surface area contributed by atoms with E-state index in [0.29, 0.717) is 5.92 Å². The third-order valence-electron chi connectivity index (χ3n) is 5.11. The van der Waals surface area contributed by atoms with E-state index in [-0.39, 0.29) is 6.04 Å². The fraction of sp³-hybridized carbons (Fsp3) is 0.421. The average molecular weight is 337 g/mol. The van der Waals surface area contributed by atoms with E-state index >= 15 is 0 Å². The summed E-state index contributed by atoms with van der Waals surface area (Å²) in [5, 5.41) is 4.83. The number of methoxy groups -OCH3 is 1. The lowest BCUT2D eigenvalue weighted by atomic mass is 10.0. The predicted octanol–water partition coefficient (Wildman–Crippen LogP) is 3.42. The van der Waals surface area contributed by atoms with E-state index < -0.39 is 0 Å². The van der Waals surface area contributed by atoms with Crippen molar-refractivity contribution in [3.63, 3.8) is 0 Å². The molecule has 3 aromatic rings. The Bertz CT molecular complexity index is 890. The molecule has 0 bridgehead atoms. The Morgan fingerprint density at radius 3 is 2.92 bits per heavy atom. The lowest BCUT2D eigenvalue weighted by molar-refractivity contribution is 0.400. The molecule has 0 N–H and O–H groups in total. The van der Waals surface area contributed by atoms with Gasteiger partial charge >= 0.3 is 0 Å². The standard InChI is InChI=1S/C19H23N5O/c1-4-14-10-15(19-16(25-3)6-5-9-20-19)23(12-14)18-8-7-17-21-11-13(2)24(17)22-18/h5-9,11,14-15H,4,10,12H2,1-3H3/t14-,15+/m0/s1. The van der Waals surface area contributed by atoms with Gasteiger partial charge in [0.15, 0.2) is 5.65 Å². The first-order valence-electron chi connectivity index (χ1n) is 8.78. The number of hydrogen-bond acceptors (Lipinski definition) is 5. The minimum absolute atomic E-state index is 0.176. The van der Waals surface area contributed by atoms with E-state index in [0.717, 1.165) is 48.0 Å². The van der Waals surface area contributed by atoms with Gasteiger partial charge in [-0.05, 0) is 43.5 Å². The second-order valence-electron chi connectivity index (χ2n) is 6.63. The maximum absolute atomic E-state index is 5.56. The van der Waals surface area contributed by atoms with Crippen LogP contribution in [0.1, 0.15) is 37.2 Å². The van der Waals surface area contributed by atoms with Crippen LogP contribution < -0.4 is 9.64 Å². The summed E-state index contributed by atoms with van der Waals surface area (Å²) in [6, 6.07) is 8.16. The van der Waals surface area contributed by atoms with Gasteiger partial charge in [-0.15, -0.1) is 5.10 Å². The number of fused-ring (bicyclic) bond motifs is 1. The second-order valence-corrected chi connectivity index (χ2v) is 6.63. The number of rotatable bonds is 4. The molecule has 0 amide bonds. The fourth-order valence-electron chi connectivity index (χ4n) is 3.69. The molecule has 3 aromatic heterocycles. The molecule has 25 heavy (non-hydrogen) atoms. The van der Waals surface area contributed by atoms with Gasteiger partial charge in [-0.2, -0.15) is 0 Å². The van der Waals surface area contributed by atoms with Gasteiger partial charge in [-0.3, -0.25) is 4.98 Å². The van der Waals surface area contributed by atoms with Gasteiger partial charge in [0.05, 0.1) is 25.0 Å². The van der Waals surface area contributed by atoms with Crippen LogP contribution in [0.5, 0.6) is 5.75 Å². The summed E-state index contributed by atoms with van der Waals surface area (Å²) in [6.45, 7) is 5.25. The number of hydrogen-bond donors (Lipinski definition) is 0. The van der Waals surface area contributed by atoms with Crippen LogP contribution in [-0.4, -0.2) is 33.2 Å². The number of ether oxygens (including phenoxy) is 1. The predicted molar refractivity (Wildman–Crippen MR) is 97.0 cm³/mol. The molecule has 1 saturated heterocycles. The van der Waals surface area contributed by atoms with Crippen molar-refractivity contribution in [2.24, 2.45) is 5.92 Å². The number of pyridine rings is 1. The summed E-state index contributed by atoms with van der Waals surface area (Å²) in [5.41, 5.74) is 2.90. The van der Waals surface area contributed by atoms with Crippen molar-refractivity contribution in [2.45, 2.75) is 32.7 Å². The number of imidazole rings is 1. The Hall–Kier alpha value is -2.63. The maximum Gasteiger partial charge on any atom is 0.153 e. The minimum Gasteiger partial charge on any atom is -0.495 e. The van der Waals surface area contributed by atoms with Crippen LogP contribution in [0.4, 0.5) is 5.82 Å². The second kappa shape index (κ2) is 6.35. The Balaban J connectivity index is 1.77. The molecule has 0 spiro atoms. The Morgan fingerprint density at radius 1 is 1.24 bits per heavy atom. The SMILES string of the molecule is CC[C@H]1C[C@H](c2ncccc2OC)N(c2ccc3ncc(C)n3n2)C1. The number of aromatic nitrogens is 4. The van der Waals surface area contributed by atoms with Gasteiger partial charge in [-0.25, -0.2) is 9.50 Å². The van der Waals surface area contributed by atoms with Crippen LogP contribution in [0, 0.1) is 12.8 Å². The maximum atomic E-state index is 5.56. The zero-order valence-electron chi connectivity index (χ0n) is 14.9. The van der Waals surface area contributed by atoms with Crippen molar-refractivity contribution in [2.75, 3.05) is 18.6 Å². The lowest BCUT2D eigenvalue weighted by Crippen LogP contribution is -2.26. The molecule has 0 aromatic carbocycles. The highest BCUT2D eigenvalue weighted by atomic mass is 16.5. The molecule has 1 fully saturated rings. The highest BCUT2D eigenvalue weighted by Crippen LogP contribution is 2.41. The molecule has 0 saturated carbocycles. The van der Waals surface area contributed by atoms with Crippen LogP contribution in [0.2, 0.25) is 0 Å². The molecule has 6 nitrogen and oxygen atoms in total. The summed E-state index contributed by atoms with van der Waals surface area (Å²) in [7, 11) is 1.70. The van der Waals surface area contributed by atoms with E-state index in [2.05, 4.69) is 27.9 Å². The number of anilines is 1. The van der Waals surface area contributed by atoms with Crippen LogP contribution >= 0.6 is 0 Å². The number of aryl methyl sites for hydroxylation is 1. The number of nitrogens with zero attached hydrogens (tertiary/aromatic N) is 5. The van der Waals surface area contributed by atoms with Crippen molar-refractivity contribution in [3.05, 3.63) is 48.0 Å². The van der Waals surface area contributed by atoms with Crippen LogP contribution in [0.3, 0.4) is 0 Å². The molecule has 2 atom stereocenters. The van der Waals surface area contributed by atoms with Crippen molar-refractivity contribution < 1.29 is 4.74 Å². The van der Waals surface area contributed by atoms with E-state index in [1.807, 2.05) is 42.0 Å². The Morgan fingerprint density at radius 2 is 2.12 bits per heavy atom. The largest absolute Gasteiger partial charge is 0.495 e. The molecule has 0 unspecified atom stereocenters. The first kappa shape index (κ1) is 15.9. The molecular formula is C19H23N5O. The molecule has 130 valence electrons. The molecular weight excluding hydrogens is 314 g/mol. The lowest BCUT2D eigenvalue weighted by Gasteiger charge is -2.26. The van der Waals surface area contributed by atoms with Crippen molar-refractivity contribution in [1.29, 1.82) is 0 Å². The summed E-state index contributed by atoms with van der Waals surface area (Å²) in [5.74, 6) is 2.43. The van der Waals surface area contributed by atoms with Crippen LogP contribution in [-0.2, 0) is 0 Å². The molecule has 0 aliphatic carbocycles. The zero-order chi connectivity index (χ0) is 17.4. The molecule has 4 heterocycles. The normalized spacial score (nSPS) is 20.4. The van der Waals surface area contributed by atoms with E-state index in [1.165, 1.54) is 0 Å². The van der Waals surface area contributed by atoms with Crippen LogP contribution in [0.25, 0.3) is 5.65 Å². The molecule has 4 rings (SSSR count). The van der Waals surface area contributed by atoms with Gasteiger partial charge in [0.2, 0.25) is 0 Å². The van der Waals surface area contributed by atoms with Crippen molar-refractivity contribution in [3.8, 4) is 5.75 Å². The highest BCUT2D eigenvalue weighted by Gasteiger charge is 2.35. The van der Waals surface area contributed by atoms with Gasteiger partial charge in [0.25, 0.3) is 0 Å². The molecule has 1 aliphatic rings. The minimum atomic E-state index is 0.176. The van der Waals surface area contributed by atoms with Gasteiger partial charge < -0.3 is 9.64 Å². The monoisotopic (exact) mass is 337 g/mol.